The summed E-state index contributed by atoms with van der Waals surface area (Å²) < 4.78 is 2.17. The van der Waals surface area contributed by atoms with Crippen LogP contribution >= 0.6 is 23.5 Å². The molecule has 0 bridgehead atoms. The minimum atomic E-state index is 1.08. The van der Waals surface area contributed by atoms with E-state index in [1.807, 2.05) is 0 Å². The Labute approximate surface area is 33.3 Å². The Balaban J connectivity index is 2.48. The molecule has 0 nitrogen and oxygen atoms in total. The van der Waals surface area contributed by atoms with Gasteiger partial charge in [0.15, 0.2) is 0 Å². The van der Waals surface area contributed by atoms with Crippen molar-refractivity contribution in [2.45, 2.75) is 9.16 Å². The van der Waals surface area contributed by atoms with Gasteiger partial charge in [-0.1, -0.05) is 0 Å². The lowest BCUT2D eigenvalue weighted by Gasteiger charge is -1.62. The summed E-state index contributed by atoms with van der Waals surface area (Å²) in [6, 6.07) is 0. The monoisotopic (exact) mass is 90.0 g/mol. The molecule has 0 aliphatic carbocycles. The molecule has 2 fully saturated rings. The van der Waals surface area contributed by atoms with Crippen LogP contribution in [0.25, 0.3) is 0 Å². The van der Waals surface area contributed by atoms with Gasteiger partial charge in [0.2, 0.25) is 0 Å². The summed E-state index contributed by atoms with van der Waals surface area (Å²) in [6.45, 7) is 0. The summed E-state index contributed by atoms with van der Waals surface area (Å²) in [5.74, 6) is 0. The predicted molar refractivity (Wildman–Crippen MR) is 22.8 cm³/mol. The van der Waals surface area contributed by atoms with Crippen molar-refractivity contribution in [1.29, 1.82) is 0 Å². The average Bonchev–Trinajstić information content (AvgIpc) is 1.36. The maximum atomic E-state index is 2.08. The minimum absolute atomic E-state index is 1.08. The van der Waals surface area contributed by atoms with Crippen LogP contribution in [0.5, 0.6) is 0 Å². The Morgan fingerprint density at radius 2 is 1.25 bits per heavy atom. The van der Waals surface area contributed by atoms with Gasteiger partial charge < -0.3 is 0 Å². The molecule has 2 saturated heterocycles. The zero-order valence-corrected chi connectivity index (χ0v) is 3.60. The molecule has 0 amide bonds. The van der Waals surface area contributed by atoms with Gasteiger partial charge in [0, 0.05) is 0 Å². The molecule has 4 heavy (non-hydrogen) atoms. The van der Waals surface area contributed by atoms with Gasteiger partial charge in [0.25, 0.3) is 0 Å². The molecule has 0 aromatic heterocycles. The predicted octanol–water partition coefficient (Wildman–Crippen LogP) is 1.13. The van der Waals surface area contributed by atoms with Crippen molar-refractivity contribution in [3.05, 3.63) is 0 Å². The molecule has 0 spiro atoms. The van der Waals surface area contributed by atoms with Gasteiger partial charge >= 0.3 is 0 Å². The van der Waals surface area contributed by atoms with Crippen LogP contribution in [0.15, 0.2) is 0 Å². The van der Waals surface area contributed by atoms with E-state index >= 15 is 0 Å². The molecule has 0 saturated carbocycles. The van der Waals surface area contributed by atoms with Crippen LogP contribution in [0.1, 0.15) is 0 Å². The fraction of sp³-hybridized carbons (Fsp3) is 1.00. The lowest BCUT2D eigenvalue weighted by atomic mass is 11.0. The summed E-state index contributed by atoms with van der Waals surface area (Å²) >= 11 is 4.17. The Kier molecular flexibility index (Phi) is 0.176. The third-order valence-corrected chi connectivity index (χ3v) is 3.82. The van der Waals surface area contributed by atoms with Crippen LogP contribution in [0, 0.1) is 0 Å². The summed E-state index contributed by atoms with van der Waals surface area (Å²) in [5, 5.41) is 0. The first kappa shape index (κ1) is 1.98. The average molecular weight is 90.2 g/mol. The second-order valence-electron chi connectivity index (χ2n) is 1.01. The molecule has 2 heteroatoms. The van der Waals surface area contributed by atoms with Crippen LogP contribution in [0.2, 0.25) is 0 Å². The molecule has 0 N–H and O–H groups in total. The first-order valence-corrected chi connectivity index (χ1v) is 3.16. The fourth-order valence-corrected chi connectivity index (χ4v) is 1.65. The summed E-state index contributed by atoms with van der Waals surface area (Å²) in [4.78, 5) is 0. The standard InChI is InChI=1S/C2H2S2/c3-1-2(3)4-1/h1-2H. The fourth-order valence-electron chi connectivity index (χ4n) is 0.184. The van der Waals surface area contributed by atoms with Crippen LogP contribution in [0.3, 0.4) is 0 Å². The molecule has 22 valence electrons. The molecule has 0 atom stereocenters. The lowest BCUT2D eigenvalue weighted by Crippen LogP contribution is -1.28. The molecular weight excluding hydrogens is 88.2 g/mol. The van der Waals surface area contributed by atoms with E-state index < -0.39 is 0 Å². The first-order valence-electron chi connectivity index (χ1n) is 1.28. The van der Waals surface area contributed by atoms with Crippen molar-refractivity contribution in [1.82, 2.24) is 0 Å². The highest BCUT2D eigenvalue weighted by Gasteiger charge is 2.56. The number of thioether (sulfide) groups is 2. The third-order valence-electron chi connectivity index (χ3n) is 0.605. The molecular formula is C2H2S2. The molecule has 2 heterocycles. The van der Waals surface area contributed by atoms with Crippen LogP contribution < -0.4 is 0 Å². The summed E-state index contributed by atoms with van der Waals surface area (Å²) in [5.41, 5.74) is 0. The first-order chi connectivity index (χ1) is 1.97. The Morgan fingerprint density at radius 3 is 1.25 bits per heavy atom. The van der Waals surface area contributed by atoms with E-state index in [-0.39, 0.29) is 0 Å². The molecule has 2 aliphatic heterocycles. The molecule has 0 radical (unpaired) electrons. The Bertz CT molecular complexity index is 40.0. The summed E-state index contributed by atoms with van der Waals surface area (Å²) in [7, 11) is 0. The number of hydrogen-bond donors (Lipinski definition) is 0. The minimum Gasteiger partial charge on any atom is -0.129 e. The molecule has 0 aromatic rings. The number of fused-ring (bicyclic) bond motifs is 1. The zero-order valence-electron chi connectivity index (χ0n) is 1.97. The van der Waals surface area contributed by atoms with Gasteiger partial charge in [-0.15, -0.1) is 23.5 Å². The lowest BCUT2D eigenvalue weighted by molar-refractivity contribution is 1.73. The van der Waals surface area contributed by atoms with Gasteiger partial charge in [-0.25, -0.2) is 0 Å². The largest absolute Gasteiger partial charge is 0.129 e. The maximum Gasteiger partial charge on any atom is 0.0736 e. The van der Waals surface area contributed by atoms with E-state index in [0.29, 0.717) is 0 Å². The second kappa shape index (κ2) is 0.356. The zero-order chi connectivity index (χ0) is 2.57. The quantitative estimate of drug-likeness (QED) is 0.409. The molecule has 2 aliphatic rings. The summed E-state index contributed by atoms with van der Waals surface area (Å²) in [6.07, 6.45) is 0. The molecule has 0 unspecified atom stereocenters. The molecule has 0 aromatic carbocycles. The van der Waals surface area contributed by atoms with Crippen LogP contribution in [-0.2, 0) is 0 Å². The number of rotatable bonds is 0. The van der Waals surface area contributed by atoms with E-state index in [9.17, 15) is 0 Å². The maximum absolute atomic E-state index is 2.08. The van der Waals surface area contributed by atoms with Crippen molar-refractivity contribution in [3.8, 4) is 0 Å². The van der Waals surface area contributed by atoms with Crippen molar-refractivity contribution >= 4 is 23.5 Å². The highest BCUT2D eigenvalue weighted by atomic mass is 32.3. The van der Waals surface area contributed by atoms with E-state index in [2.05, 4.69) is 23.5 Å². The van der Waals surface area contributed by atoms with Gasteiger partial charge in [-0.3, -0.25) is 0 Å². The van der Waals surface area contributed by atoms with E-state index in [4.69, 9.17) is 0 Å². The van der Waals surface area contributed by atoms with Crippen molar-refractivity contribution in [2.24, 2.45) is 0 Å². The van der Waals surface area contributed by atoms with Crippen molar-refractivity contribution in [3.63, 3.8) is 0 Å². The van der Waals surface area contributed by atoms with Crippen LogP contribution in [0.4, 0.5) is 0 Å². The van der Waals surface area contributed by atoms with Crippen molar-refractivity contribution < 1.29 is 0 Å². The van der Waals surface area contributed by atoms with Gasteiger partial charge in [0.05, 0.1) is 9.16 Å². The van der Waals surface area contributed by atoms with Gasteiger partial charge in [-0.2, -0.15) is 0 Å². The smallest absolute Gasteiger partial charge is 0.0736 e. The molecule has 2 rings (SSSR count). The van der Waals surface area contributed by atoms with Gasteiger partial charge in [0.1, 0.15) is 0 Å². The van der Waals surface area contributed by atoms with E-state index in [1.165, 1.54) is 0 Å². The highest BCUT2D eigenvalue weighted by Crippen LogP contribution is 2.72. The van der Waals surface area contributed by atoms with E-state index in [1.54, 1.807) is 0 Å². The van der Waals surface area contributed by atoms with Crippen LogP contribution in [-0.4, -0.2) is 9.16 Å². The highest BCUT2D eigenvalue weighted by molar-refractivity contribution is 8.44. The Morgan fingerprint density at radius 1 is 1.00 bits per heavy atom. The van der Waals surface area contributed by atoms with Gasteiger partial charge in [-0.05, 0) is 0 Å². The Hall–Kier alpha value is 0.700. The normalized spacial score (nSPS) is 66.0. The second-order valence-corrected chi connectivity index (χ2v) is 4.18. The number of hydrogen-bond acceptors (Lipinski definition) is 2. The SMILES string of the molecule is S1C2SC12. The topological polar surface area (TPSA) is 0 Å². The van der Waals surface area contributed by atoms with E-state index in [0.717, 1.165) is 9.16 Å². The third kappa shape index (κ3) is 0.103. The van der Waals surface area contributed by atoms with Crippen molar-refractivity contribution in [2.75, 3.05) is 0 Å².